The summed E-state index contributed by atoms with van der Waals surface area (Å²) < 4.78 is 26.8. The van der Waals surface area contributed by atoms with Gasteiger partial charge in [0.1, 0.15) is 6.04 Å². The number of rotatable bonds is 4. The number of nitrogens with one attached hydrogen (secondary N) is 2. The second-order valence-corrected chi connectivity index (χ2v) is 6.19. The van der Waals surface area contributed by atoms with Gasteiger partial charge in [-0.15, -0.1) is 0 Å². The maximum atomic E-state index is 13.6. The fraction of sp³-hybridized carbons (Fsp3) is 0.188. The van der Waals surface area contributed by atoms with Gasteiger partial charge in [-0.05, 0) is 29.3 Å². The van der Waals surface area contributed by atoms with E-state index in [1.807, 2.05) is 0 Å². The number of carbonyl (C=O) groups is 2. The van der Waals surface area contributed by atoms with Gasteiger partial charge in [0.2, 0.25) is 5.91 Å². The van der Waals surface area contributed by atoms with Crippen LogP contribution >= 0.6 is 11.8 Å². The predicted molar refractivity (Wildman–Crippen MR) is 85.4 cm³/mol. The number of benzene rings is 1. The minimum Gasteiger partial charge on any atom is -0.343 e. The average Bonchev–Trinajstić information content (AvgIpc) is 3.02. The maximum absolute atomic E-state index is 13.6. The van der Waals surface area contributed by atoms with Crippen molar-refractivity contribution >= 4 is 22.9 Å². The Labute approximate surface area is 140 Å². The summed E-state index contributed by atoms with van der Waals surface area (Å²) in [5.74, 6) is -2.04. The van der Waals surface area contributed by atoms with Crippen LogP contribution in [0.5, 0.6) is 0 Å². The van der Waals surface area contributed by atoms with Gasteiger partial charge in [0.05, 0.1) is 6.04 Å². The van der Waals surface area contributed by atoms with Crippen LogP contribution in [0.4, 0.5) is 13.6 Å². The summed E-state index contributed by atoms with van der Waals surface area (Å²) in [6.07, 6.45) is 3.11. The number of hydrogen-bond donors (Lipinski definition) is 2. The molecule has 2 amide bonds. The topological polar surface area (TPSA) is 71.1 Å². The minimum absolute atomic E-state index is 0.263. The van der Waals surface area contributed by atoms with Crippen LogP contribution in [0, 0.1) is 11.6 Å². The molecule has 1 fully saturated rings. The monoisotopic (exact) mass is 349 g/mol. The first-order chi connectivity index (χ1) is 11.5. The van der Waals surface area contributed by atoms with Crippen LogP contribution in [0.2, 0.25) is 0 Å². The number of hydrogen-bond acceptors (Lipinski definition) is 4. The van der Waals surface area contributed by atoms with Crippen LogP contribution in [0.3, 0.4) is 0 Å². The molecule has 0 radical (unpaired) electrons. The molecule has 0 saturated carbocycles. The molecule has 1 aliphatic rings. The zero-order valence-electron chi connectivity index (χ0n) is 12.3. The number of carbonyl (C=O) groups excluding carboxylic acids is 2. The van der Waals surface area contributed by atoms with Crippen molar-refractivity contribution in [2.45, 2.75) is 12.1 Å². The molecule has 124 valence electrons. The molecule has 0 unspecified atom stereocenters. The molecule has 0 bridgehead atoms. The van der Waals surface area contributed by atoms with Crippen LogP contribution in [0.15, 0.2) is 42.7 Å². The Morgan fingerprint density at radius 3 is 2.75 bits per heavy atom. The molecule has 3 rings (SSSR count). The van der Waals surface area contributed by atoms with Gasteiger partial charge in [0.25, 0.3) is 5.24 Å². The zero-order valence-corrected chi connectivity index (χ0v) is 13.1. The fourth-order valence-electron chi connectivity index (χ4n) is 2.37. The number of pyridine rings is 1. The maximum Gasteiger partial charge on any atom is 0.279 e. The fourth-order valence-corrected chi connectivity index (χ4v) is 3.14. The van der Waals surface area contributed by atoms with Crippen molar-refractivity contribution in [1.82, 2.24) is 15.6 Å². The lowest BCUT2D eigenvalue weighted by molar-refractivity contribution is -0.122. The van der Waals surface area contributed by atoms with E-state index in [1.165, 1.54) is 12.3 Å². The molecular weight excluding hydrogens is 336 g/mol. The lowest BCUT2D eigenvalue weighted by Gasteiger charge is -2.21. The highest BCUT2D eigenvalue weighted by Crippen LogP contribution is 2.24. The van der Waals surface area contributed by atoms with Gasteiger partial charge in [-0.25, -0.2) is 8.78 Å². The third-order valence-corrected chi connectivity index (χ3v) is 4.45. The number of nitrogens with zero attached hydrogens (tertiary/aromatic N) is 1. The molecule has 1 saturated heterocycles. The van der Waals surface area contributed by atoms with Crippen molar-refractivity contribution in [1.29, 1.82) is 0 Å². The SMILES string of the molecule is O=C1N[C@H](C(=O)N[C@@H](c2cccnc2)c2ccc(F)c(F)c2)CS1. The lowest BCUT2D eigenvalue weighted by Crippen LogP contribution is -2.44. The van der Waals surface area contributed by atoms with Crippen LogP contribution < -0.4 is 10.6 Å². The van der Waals surface area contributed by atoms with E-state index >= 15 is 0 Å². The normalized spacial score (nSPS) is 18.1. The Morgan fingerprint density at radius 2 is 2.12 bits per heavy atom. The van der Waals surface area contributed by atoms with Crippen LogP contribution in [0.25, 0.3) is 0 Å². The molecule has 0 aliphatic carbocycles. The Balaban J connectivity index is 1.89. The van der Waals surface area contributed by atoms with Gasteiger partial charge in [0.15, 0.2) is 11.6 Å². The summed E-state index contributed by atoms with van der Waals surface area (Å²) in [6.45, 7) is 0. The molecule has 2 heterocycles. The van der Waals surface area contributed by atoms with Gasteiger partial charge in [0, 0.05) is 18.1 Å². The molecule has 8 heteroatoms. The molecular formula is C16H13F2N3O2S. The molecule has 1 aromatic carbocycles. The molecule has 1 aliphatic heterocycles. The first-order valence-electron chi connectivity index (χ1n) is 7.13. The molecule has 5 nitrogen and oxygen atoms in total. The standard InChI is InChI=1S/C16H13F2N3O2S/c17-11-4-3-9(6-12(11)18)14(10-2-1-5-19-7-10)21-15(22)13-8-24-16(23)20-13/h1-7,13-14H,8H2,(H,20,23)(H,21,22)/t13-,14+/m0/s1. The van der Waals surface area contributed by atoms with E-state index < -0.39 is 29.6 Å². The van der Waals surface area contributed by atoms with E-state index in [0.29, 0.717) is 16.9 Å². The molecule has 2 N–H and O–H groups in total. The Morgan fingerprint density at radius 1 is 1.29 bits per heavy atom. The molecule has 2 aromatic rings. The lowest BCUT2D eigenvalue weighted by atomic mass is 9.99. The van der Waals surface area contributed by atoms with Crippen molar-refractivity contribution in [3.05, 3.63) is 65.5 Å². The summed E-state index contributed by atoms with van der Waals surface area (Å²) in [4.78, 5) is 27.6. The van der Waals surface area contributed by atoms with Gasteiger partial charge in [-0.2, -0.15) is 0 Å². The highest BCUT2D eigenvalue weighted by Gasteiger charge is 2.30. The van der Waals surface area contributed by atoms with Gasteiger partial charge >= 0.3 is 0 Å². The highest BCUT2D eigenvalue weighted by molar-refractivity contribution is 8.14. The van der Waals surface area contributed by atoms with Gasteiger partial charge in [-0.1, -0.05) is 23.9 Å². The molecule has 24 heavy (non-hydrogen) atoms. The van der Waals surface area contributed by atoms with Gasteiger partial charge < -0.3 is 10.6 Å². The van der Waals surface area contributed by atoms with E-state index in [9.17, 15) is 18.4 Å². The average molecular weight is 349 g/mol. The van der Waals surface area contributed by atoms with E-state index in [2.05, 4.69) is 15.6 Å². The second-order valence-electron chi connectivity index (χ2n) is 5.20. The van der Waals surface area contributed by atoms with E-state index in [0.717, 1.165) is 23.9 Å². The van der Waals surface area contributed by atoms with Crippen molar-refractivity contribution in [2.24, 2.45) is 0 Å². The van der Waals surface area contributed by atoms with Crippen molar-refractivity contribution in [3.8, 4) is 0 Å². The van der Waals surface area contributed by atoms with E-state index in [-0.39, 0.29) is 5.24 Å². The quantitative estimate of drug-likeness (QED) is 0.889. The Hall–Kier alpha value is -2.48. The Kier molecular flexibility index (Phi) is 4.75. The summed E-state index contributed by atoms with van der Waals surface area (Å²) in [6, 6.07) is 5.49. The molecule has 2 atom stereocenters. The second kappa shape index (κ2) is 6.96. The largest absolute Gasteiger partial charge is 0.343 e. The minimum atomic E-state index is -1.000. The predicted octanol–water partition coefficient (Wildman–Crippen LogP) is 2.39. The van der Waals surface area contributed by atoms with Gasteiger partial charge in [-0.3, -0.25) is 14.6 Å². The number of amides is 2. The summed E-state index contributed by atoms with van der Waals surface area (Å²) in [5, 5.41) is 5.04. The summed E-state index contributed by atoms with van der Waals surface area (Å²) in [5.41, 5.74) is 1.00. The molecule has 0 spiro atoms. The smallest absolute Gasteiger partial charge is 0.279 e. The number of aromatic nitrogens is 1. The van der Waals surface area contributed by atoms with Crippen LogP contribution in [0.1, 0.15) is 17.2 Å². The summed E-state index contributed by atoms with van der Waals surface area (Å²) in [7, 11) is 0. The first-order valence-corrected chi connectivity index (χ1v) is 8.11. The van der Waals surface area contributed by atoms with Crippen LogP contribution in [-0.2, 0) is 4.79 Å². The first kappa shape index (κ1) is 16.4. The van der Waals surface area contributed by atoms with Crippen molar-refractivity contribution in [3.63, 3.8) is 0 Å². The number of halogens is 2. The highest BCUT2D eigenvalue weighted by atomic mass is 32.2. The van der Waals surface area contributed by atoms with E-state index in [4.69, 9.17) is 0 Å². The van der Waals surface area contributed by atoms with E-state index in [1.54, 1.807) is 18.3 Å². The van der Waals surface area contributed by atoms with Crippen LogP contribution in [-0.4, -0.2) is 27.9 Å². The van der Waals surface area contributed by atoms with Crippen molar-refractivity contribution in [2.75, 3.05) is 5.75 Å². The van der Waals surface area contributed by atoms with Crippen molar-refractivity contribution < 1.29 is 18.4 Å². The third kappa shape index (κ3) is 3.53. The summed E-state index contributed by atoms with van der Waals surface area (Å²) >= 11 is 1.02. The third-order valence-electron chi connectivity index (χ3n) is 3.57. The number of thioether (sulfide) groups is 1. The zero-order chi connectivity index (χ0) is 17.1. The Bertz CT molecular complexity index is 773. The molecule has 1 aromatic heterocycles.